The number of hydrogen-bond donors (Lipinski definition) is 2. The number of nitrogens with two attached hydrogens (primary N) is 1. The van der Waals surface area contributed by atoms with Gasteiger partial charge in [-0.1, -0.05) is 0 Å². The Morgan fingerprint density at radius 2 is 1.84 bits per heavy atom. The topological polar surface area (TPSA) is 71.2 Å². The summed E-state index contributed by atoms with van der Waals surface area (Å²) in [5.41, 5.74) is 7.77. The van der Waals surface area contributed by atoms with Gasteiger partial charge in [-0.25, -0.2) is 4.98 Å². The Morgan fingerprint density at radius 1 is 1.16 bits per heavy atom. The van der Waals surface area contributed by atoms with Gasteiger partial charge >= 0.3 is 0 Å². The van der Waals surface area contributed by atoms with Crippen LogP contribution < -0.4 is 16.0 Å². The van der Waals surface area contributed by atoms with Gasteiger partial charge in [-0.15, -0.1) is 0 Å². The lowest BCUT2D eigenvalue weighted by atomic mass is 10.2. The molecule has 0 atom stereocenters. The number of carbonyl (C=O) groups is 1. The van der Waals surface area contributed by atoms with Gasteiger partial charge in [0, 0.05) is 31.7 Å². The third kappa shape index (κ3) is 3.22. The van der Waals surface area contributed by atoms with Crippen LogP contribution in [0.4, 0.5) is 17.2 Å². The van der Waals surface area contributed by atoms with Crippen LogP contribution in [0.25, 0.3) is 0 Å². The molecule has 2 rings (SSSR count). The summed E-state index contributed by atoms with van der Waals surface area (Å²) >= 11 is 0. The Balaban J connectivity index is 2.08. The molecule has 1 amide bonds. The summed E-state index contributed by atoms with van der Waals surface area (Å²) in [5, 5.41) is 2.81. The van der Waals surface area contributed by atoms with Crippen LogP contribution in [-0.2, 0) is 0 Å². The van der Waals surface area contributed by atoms with Crippen molar-refractivity contribution < 1.29 is 4.79 Å². The first-order valence-electron chi connectivity index (χ1n) is 5.86. The first-order valence-corrected chi connectivity index (χ1v) is 5.86. The molecular weight excluding hydrogens is 240 g/mol. The van der Waals surface area contributed by atoms with Crippen LogP contribution in [0.5, 0.6) is 0 Å². The van der Waals surface area contributed by atoms with Crippen LogP contribution in [0, 0.1) is 0 Å². The number of carbonyl (C=O) groups excluding carboxylic acids is 1. The van der Waals surface area contributed by atoms with Crippen molar-refractivity contribution in [2.45, 2.75) is 0 Å². The van der Waals surface area contributed by atoms with Gasteiger partial charge in [0.2, 0.25) is 0 Å². The number of nitrogens with one attached hydrogen (secondary N) is 1. The number of aromatic nitrogens is 1. The molecule has 0 aliphatic carbocycles. The van der Waals surface area contributed by atoms with Gasteiger partial charge in [-0.2, -0.15) is 0 Å². The number of nitrogen functional groups attached to an aromatic ring is 1. The van der Waals surface area contributed by atoms with Crippen LogP contribution in [0.15, 0.2) is 42.6 Å². The van der Waals surface area contributed by atoms with E-state index >= 15 is 0 Å². The zero-order valence-electron chi connectivity index (χ0n) is 10.9. The van der Waals surface area contributed by atoms with Gasteiger partial charge in [-0.3, -0.25) is 4.79 Å². The number of nitrogens with zero attached hydrogens (tertiary/aromatic N) is 2. The molecule has 0 aliphatic heterocycles. The van der Waals surface area contributed by atoms with E-state index in [4.69, 9.17) is 5.73 Å². The summed E-state index contributed by atoms with van der Waals surface area (Å²) in [6.07, 6.45) is 1.46. The molecule has 3 N–H and O–H groups in total. The second-order valence-electron chi connectivity index (χ2n) is 4.37. The minimum absolute atomic E-state index is 0.204. The monoisotopic (exact) mass is 256 g/mol. The Morgan fingerprint density at radius 3 is 2.37 bits per heavy atom. The predicted molar refractivity (Wildman–Crippen MR) is 77.4 cm³/mol. The molecule has 0 saturated carbocycles. The second-order valence-corrected chi connectivity index (χ2v) is 4.37. The first kappa shape index (κ1) is 12.9. The Kier molecular flexibility index (Phi) is 3.66. The Bertz CT molecular complexity index is 561. The van der Waals surface area contributed by atoms with Crippen molar-refractivity contribution in [2.75, 3.05) is 30.0 Å². The van der Waals surface area contributed by atoms with E-state index in [0.717, 1.165) is 11.4 Å². The van der Waals surface area contributed by atoms with Crippen molar-refractivity contribution in [1.29, 1.82) is 0 Å². The molecule has 0 aliphatic rings. The summed E-state index contributed by atoms with van der Waals surface area (Å²) < 4.78 is 0. The quantitative estimate of drug-likeness (QED) is 0.881. The van der Waals surface area contributed by atoms with Crippen molar-refractivity contribution in [1.82, 2.24) is 4.98 Å². The summed E-state index contributed by atoms with van der Waals surface area (Å²) in [6.45, 7) is 0. The van der Waals surface area contributed by atoms with Crippen molar-refractivity contribution in [3.63, 3.8) is 0 Å². The number of hydrogen-bond acceptors (Lipinski definition) is 4. The molecule has 2 aromatic rings. The third-order valence-electron chi connectivity index (χ3n) is 2.69. The van der Waals surface area contributed by atoms with Gasteiger partial charge in [0.15, 0.2) is 0 Å². The van der Waals surface area contributed by atoms with Crippen molar-refractivity contribution >= 4 is 23.1 Å². The number of anilines is 3. The van der Waals surface area contributed by atoms with E-state index in [2.05, 4.69) is 10.3 Å². The van der Waals surface area contributed by atoms with Gasteiger partial charge in [0.1, 0.15) is 5.82 Å². The predicted octanol–water partition coefficient (Wildman–Crippen LogP) is 1.98. The van der Waals surface area contributed by atoms with Crippen molar-refractivity contribution in [2.24, 2.45) is 0 Å². The molecule has 0 saturated heterocycles. The van der Waals surface area contributed by atoms with Crippen LogP contribution in [0.2, 0.25) is 0 Å². The molecule has 0 unspecified atom stereocenters. The normalized spacial score (nSPS) is 10.0. The Labute approximate surface area is 112 Å². The van der Waals surface area contributed by atoms with Crippen molar-refractivity contribution in [3.05, 3.63) is 48.2 Å². The summed E-state index contributed by atoms with van der Waals surface area (Å²) in [5.74, 6) is 0.192. The summed E-state index contributed by atoms with van der Waals surface area (Å²) in [6, 6.07) is 10.8. The molecule has 1 aromatic heterocycles. The third-order valence-corrected chi connectivity index (χ3v) is 2.69. The fourth-order valence-corrected chi connectivity index (χ4v) is 1.59. The Hall–Kier alpha value is -2.56. The molecule has 0 fully saturated rings. The van der Waals surface area contributed by atoms with E-state index in [1.165, 1.54) is 6.20 Å². The van der Waals surface area contributed by atoms with Gasteiger partial charge in [0.05, 0.1) is 5.56 Å². The maximum Gasteiger partial charge on any atom is 0.257 e. The fraction of sp³-hybridized carbons (Fsp3) is 0.143. The van der Waals surface area contributed by atoms with Crippen LogP contribution in [0.1, 0.15) is 10.4 Å². The lowest BCUT2D eigenvalue weighted by Gasteiger charge is -2.13. The number of amides is 1. The highest BCUT2D eigenvalue weighted by Gasteiger charge is 2.06. The molecular formula is C14H16N4O. The number of pyridine rings is 1. The molecule has 5 nitrogen and oxygen atoms in total. The smallest absolute Gasteiger partial charge is 0.257 e. The van der Waals surface area contributed by atoms with Gasteiger partial charge in [-0.05, 0) is 36.4 Å². The minimum atomic E-state index is -0.204. The van der Waals surface area contributed by atoms with Crippen LogP contribution in [-0.4, -0.2) is 25.0 Å². The van der Waals surface area contributed by atoms with E-state index < -0.39 is 0 Å². The average molecular weight is 256 g/mol. The second kappa shape index (κ2) is 5.39. The largest absolute Gasteiger partial charge is 0.384 e. The van der Waals surface area contributed by atoms with E-state index in [9.17, 15) is 4.79 Å². The number of rotatable bonds is 3. The van der Waals surface area contributed by atoms with Gasteiger partial charge in [0.25, 0.3) is 5.91 Å². The number of benzene rings is 1. The molecule has 19 heavy (non-hydrogen) atoms. The molecule has 98 valence electrons. The lowest BCUT2D eigenvalue weighted by molar-refractivity contribution is 0.102. The maximum atomic E-state index is 11.9. The highest BCUT2D eigenvalue weighted by atomic mass is 16.1. The first-order chi connectivity index (χ1) is 9.06. The van der Waals surface area contributed by atoms with E-state index in [0.29, 0.717) is 11.4 Å². The van der Waals surface area contributed by atoms with Crippen LogP contribution >= 0.6 is 0 Å². The zero-order chi connectivity index (χ0) is 13.8. The van der Waals surface area contributed by atoms with Crippen LogP contribution in [0.3, 0.4) is 0 Å². The average Bonchev–Trinajstić information content (AvgIpc) is 2.40. The summed E-state index contributed by atoms with van der Waals surface area (Å²) in [7, 11) is 3.93. The molecule has 0 spiro atoms. The minimum Gasteiger partial charge on any atom is -0.384 e. The van der Waals surface area contributed by atoms with E-state index in [1.54, 1.807) is 12.1 Å². The lowest BCUT2D eigenvalue weighted by Crippen LogP contribution is -2.13. The highest BCUT2D eigenvalue weighted by Crippen LogP contribution is 2.16. The highest BCUT2D eigenvalue weighted by molar-refractivity contribution is 6.04. The van der Waals surface area contributed by atoms with Crippen molar-refractivity contribution in [3.8, 4) is 0 Å². The molecule has 1 heterocycles. The van der Waals surface area contributed by atoms with Gasteiger partial charge < -0.3 is 16.0 Å². The maximum absolute atomic E-state index is 11.9. The summed E-state index contributed by atoms with van der Waals surface area (Å²) in [4.78, 5) is 17.8. The van der Waals surface area contributed by atoms with E-state index in [-0.39, 0.29) is 5.91 Å². The molecule has 0 radical (unpaired) electrons. The molecule has 1 aromatic carbocycles. The standard InChI is InChI=1S/C14H16N4O/c1-18(2)12-6-4-11(5-7-12)17-14(19)10-3-8-13(15)16-9-10/h3-9H,1-2H3,(H2,15,16)(H,17,19). The SMILES string of the molecule is CN(C)c1ccc(NC(=O)c2ccc(N)nc2)cc1. The zero-order valence-corrected chi connectivity index (χ0v) is 10.9. The van der Waals surface area contributed by atoms with E-state index in [1.807, 2.05) is 43.3 Å². The fourth-order valence-electron chi connectivity index (χ4n) is 1.59. The molecule has 5 heteroatoms. The molecule has 0 bridgehead atoms.